The molecule has 1 aliphatic heterocycles. The summed E-state index contributed by atoms with van der Waals surface area (Å²) >= 11 is 0. The Bertz CT molecular complexity index is 993. The van der Waals surface area contributed by atoms with Gasteiger partial charge in [-0.1, -0.05) is 0 Å². The van der Waals surface area contributed by atoms with Crippen LogP contribution in [0.25, 0.3) is 11.6 Å². The highest BCUT2D eigenvalue weighted by Crippen LogP contribution is 2.42. The van der Waals surface area contributed by atoms with Crippen LogP contribution in [0.5, 0.6) is 0 Å². The molecular weight excluding hydrogens is 406 g/mol. The van der Waals surface area contributed by atoms with Crippen molar-refractivity contribution in [1.82, 2.24) is 34.3 Å². The van der Waals surface area contributed by atoms with Crippen molar-refractivity contribution in [2.45, 2.75) is 31.2 Å². The summed E-state index contributed by atoms with van der Waals surface area (Å²) in [6, 6.07) is -1.52. The maximum Gasteiger partial charge on any atom is 0.391 e. The zero-order valence-corrected chi connectivity index (χ0v) is 14.4. The molecule has 8 nitrogen and oxygen atoms in total. The molecule has 0 amide bonds. The molecule has 3 aromatic rings. The number of fused-ring (bicyclic) bond motifs is 3. The van der Waals surface area contributed by atoms with E-state index in [4.69, 9.17) is 0 Å². The van der Waals surface area contributed by atoms with Crippen molar-refractivity contribution in [3.63, 3.8) is 0 Å². The minimum Gasteiger partial charge on any atom is -0.344 e. The highest BCUT2D eigenvalue weighted by Gasteiger charge is 2.43. The molecule has 14 heteroatoms. The van der Waals surface area contributed by atoms with E-state index in [-0.39, 0.29) is 23.3 Å². The van der Waals surface area contributed by atoms with Crippen molar-refractivity contribution in [2.75, 3.05) is 11.4 Å². The maximum absolute atomic E-state index is 13.2. The Hall–Kier alpha value is -3.19. The van der Waals surface area contributed by atoms with Crippen LogP contribution in [-0.4, -0.2) is 53.2 Å². The van der Waals surface area contributed by atoms with E-state index < -0.39 is 37.8 Å². The summed E-state index contributed by atoms with van der Waals surface area (Å²) < 4.78 is 80.9. The van der Waals surface area contributed by atoms with Crippen LogP contribution in [0.2, 0.25) is 0 Å². The van der Waals surface area contributed by atoms with E-state index >= 15 is 0 Å². The molecule has 1 atom stereocenters. The van der Waals surface area contributed by atoms with Gasteiger partial charge in [-0.25, -0.2) is 9.97 Å². The molecule has 0 bridgehead atoms. The van der Waals surface area contributed by atoms with Crippen LogP contribution in [-0.2, 0) is 0 Å². The Labute approximate surface area is 158 Å². The molecule has 0 aromatic carbocycles. The molecule has 4 heterocycles. The predicted octanol–water partition coefficient (Wildman–Crippen LogP) is 3.01. The highest BCUT2D eigenvalue weighted by molar-refractivity contribution is 5.62. The lowest BCUT2D eigenvalue weighted by Gasteiger charge is -2.37. The molecule has 1 unspecified atom stereocenters. The summed E-state index contributed by atoms with van der Waals surface area (Å²) in [5.74, 6) is -0.147. The van der Waals surface area contributed by atoms with Crippen molar-refractivity contribution in [2.24, 2.45) is 0 Å². The summed E-state index contributed by atoms with van der Waals surface area (Å²) in [5, 5.41) is 7.33. The normalized spacial score (nSPS) is 16.6. The molecule has 0 aliphatic carbocycles. The number of aromatic nitrogens is 7. The monoisotopic (exact) mass is 418 g/mol. The molecule has 0 saturated heterocycles. The maximum atomic E-state index is 13.2. The summed E-state index contributed by atoms with van der Waals surface area (Å²) in [5.41, 5.74) is 0.189. The molecule has 3 aromatic heterocycles. The Morgan fingerprint density at radius 3 is 2.48 bits per heavy atom. The second-order valence-electron chi connectivity index (χ2n) is 6.30. The Balaban J connectivity index is 1.83. The fourth-order valence-corrected chi connectivity index (χ4v) is 3.11. The molecular formula is C15H12F6N8. The van der Waals surface area contributed by atoms with Gasteiger partial charge in [0.1, 0.15) is 18.3 Å². The third-order valence-electron chi connectivity index (χ3n) is 4.31. The lowest BCUT2D eigenvalue weighted by molar-refractivity contribution is -0.141. The van der Waals surface area contributed by atoms with E-state index in [1.165, 1.54) is 40.4 Å². The van der Waals surface area contributed by atoms with Gasteiger partial charge in [-0.2, -0.15) is 31.3 Å². The fraction of sp³-hybridized carbons (Fsp3) is 0.400. The quantitative estimate of drug-likeness (QED) is 0.607. The standard InChI is InChI=1S/C15H12F6N8/c16-14(17,18)1-3-28-9(5-15(19,20)21)12-26-24-8-29(12)10-6-23-13(25-11(10)28)27-4-2-22-7-27/h2,4,6-9H,1,3,5H2. The number of hydrogen-bond acceptors (Lipinski definition) is 6. The minimum absolute atomic E-state index is 0.0561. The van der Waals surface area contributed by atoms with Crippen LogP contribution in [0.15, 0.2) is 31.2 Å². The number of nitrogens with zero attached hydrogens (tertiary/aromatic N) is 8. The van der Waals surface area contributed by atoms with Crippen LogP contribution in [0.1, 0.15) is 24.7 Å². The molecule has 0 fully saturated rings. The summed E-state index contributed by atoms with van der Waals surface area (Å²) in [7, 11) is 0. The average molecular weight is 418 g/mol. The van der Waals surface area contributed by atoms with E-state index in [1.54, 1.807) is 0 Å². The number of hydrogen-bond donors (Lipinski definition) is 0. The number of imidazole rings is 1. The number of anilines is 1. The molecule has 1 aliphatic rings. The van der Waals surface area contributed by atoms with E-state index in [0.717, 1.165) is 4.90 Å². The first-order valence-electron chi connectivity index (χ1n) is 8.28. The van der Waals surface area contributed by atoms with E-state index in [9.17, 15) is 26.3 Å². The number of halogens is 6. The van der Waals surface area contributed by atoms with Gasteiger partial charge in [0.2, 0.25) is 5.95 Å². The van der Waals surface area contributed by atoms with E-state index in [1.807, 2.05) is 0 Å². The molecule has 29 heavy (non-hydrogen) atoms. The first-order valence-corrected chi connectivity index (χ1v) is 8.28. The van der Waals surface area contributed by atoms with Crippen LogP contribution in [0.4, 0.5) is 32.2 Å². The van der Waals surface area contributed by atoms with Crippen molar-refractivity contribution >= 4 is 5.82 Å². The largest absolute Gasteiger partial charge is 0.391 e. The lowest BCUT2D eigenvalue weighted by Crippen LogP contribution is -2.40. The number of alkyl halides is 6. The molecule has 0 saturated carbocycles. The van der Waals surface area contributed by atoms with E-state index in [0.29, 0.717) is 0 Å². The van der Waals surface area contributed by atoms with Crippen molar-refractivity contribution < 1.29 is 26.3 Å². The van der Waals surface area contributed by atoms with Gasteiger partial charge in [0, 0.05) is 18.9 Å². The highest BCUT2D eigenvalue weighted by atomic mass is 19.4. The minimum atomic E-state index is -4.64. The predicted molar refractivity (Wildman–Crippen MR) is 85.5 cm³/mol. The molecule has 0 radical (unpaired) electrons. The molecule has 4 rings (SSSR count). The van der Waals surface area contributed by atoms with Gasteiger partial charge in [-0.15, -0.1) is 10.2 Å². The zero-order valence-electron chi connectivity index (χ0n) is 14.4. The van der Waals surface area contributed by atoms with Gasteiger partial charge in [-0.05, 0) is 0 Å². The first kappa shape index (κ1) is 19.1. The van der Waals surface area contributed by atoms with Crippen molar-refractivity contribution in [1.29, 1.82) is 0 Å². The average Bonchev–Trinajstić information content (AvgIpc) is 3.30. The van der Waals surface area contributed by atoms with Gasteiger partial charge in [-0.3, -0.25) is 9.13 Å². The fourth-order valence-electron chi connectivity index (χ4n) is 3.11. The zero-order chi connectivity index (χ0) is 20.8. The van der Waals surface area contributed by atoms with Gasteiger partial charge < -0.3 is 4.90 Å². The van der Waals surface area contributed by atoms with Crippen molar-refractivity contribution in [3.8, 4) is 11.6 Å². The smallest absolute Gasteiger partial charge is 0.344 e. The summed E-state index contributed by atoms with van der Waals surface area (Å²) in [6.45, 7) is -0.732. The van der Waals surface area contributed by atoms with Crippen molar-refractivity contribution in [3.05, 3.63) is 37.1 Å². The first-order chi connectivity index (χ1) is 13.6. The number of rotatable bonds is 4. The van der Waals surface area contributed by atoms with Gasteiger partial charge in [0.15, 0.2) is 11.6 Å². The Morgan fingerprint density at radius 1 is 1.03 bits per heavy atom. The van der Waals surface area contributed by atoms with Crippen LogP contribution >= 0.6 is 0 Å². The Kier molecular flexibility index (Phi) is 4.42. The molecule has 0 spiro atoms. The van der Waals surface area contributed by atoms with Gasteiger partial charge in [0.25, 0.3) is 0 Å². The Morgan fingerprint density at radius 2 is 1.83 bits per heavy atom. The summed E-state index contributed by atoms with van der Waals surface area (Å²) in [4.78, 5) is 13.1. The third kappa shape index (κ3) is 3.86. The third-order valence-corrected chi connectivity index (χ3v) is 4.31. The van der Waals surface area contributed by atoms with Crippen LogP contribution in [0, 0.1) is 0 Å². The van der Waals surface area contributed by atoms with E-state index in [2.05, 4.69) is 25.1 Å². The lowest BCUT2D eigenvalue weighted by atomic mass is 10.1. The molecule has 0 N–H and O–H groups in total. The second-order valence-corrected chi connectivity index (χ2v) is 6.30. The second kappa shape index (κ2) is 6.70. The van der Waals surface area contributed by atoms with Crippen LogP contribution < -0.4 is 4.90 Å². The van der Waals surface area contributed by atoms with Gasteiger partial charge in [0.05, 0.1) is 25.1 Å². The van der Waals surface area contributed by atoms with Crippen LogP contribution in [0.3, 0.4) is 0 Å². The summed E-state index contributed by atoms with van der Waals surface area (Å²) in [6.07, 6.45) is -5.15. The molecule has 154 valence electrons. The topological polar surface area (TPSA) is 77.5 Å². The SMILES string of the molecule is FC(F)(F)CCN1c2nc(-n3ccnc3)ncc2-n2cnnc2C1CC(F)(F)F. The van der Waals surface area contributed by atoms with Gasteiger partial charge >= 0.3 is 12.4 Å².